The van der Waals surface area contributed by atoms with Crippen LogP contribution in [0.3, 0.4) is 0 Å². The number of aryl methyl sites for hydroxylation is 6. The van der Waals surface area contributed by atoms with Gasteiger partial charge < -0.3 is 24.8 Å². The molecular weight excluding hydrogens is 590 g/mol. The van der Waals surface area contributed by atoms with Gasteiger partial charge in [-0.2, -0.15) is 45.5 Å². The summed E-state index contributed by atoms with van der Waals surface area (Å²) in [6.07, 6.45) is 16.1. The van der Waals surface area contributed by atoms with E-state index in [1.54, 1.807) is 33.4 Å². The van der Waals surface area contributed by atoms with E-state index >= 15 is 0 Å². The van der Waals surface area contributed by atoms with E-state index in [1.807, 2.05) is 0 Å². The maximum Gasteiger partial charge on any atom is -1.00 e. The Labute approximate surface area is 213 Å². The predicted octanol–water partition coefficient (Wildman–Crippen LogP) is 1.27. The molecular formula is C26H40Cl2HfSi-2. The standard InChI is InChI=1S/2C12H17.C2H6Si.2ClH.Hf/c2*1-2-5-10-8-11-6-3-4-7-12(11)9-10;1-3-2;;;/h2*8-9H,2-7H2,1H3;1-2H3;2*1H;/q2*-1;;;;+2/p-2. The summed E-state index contributed by atoms with van der Waals surface area (Å²) >= 11 is 1.45. The molecule has 0 radical (unpaired) electrons. The Bertz CT molecular complexity index is 622. The van der Waals surface area contributed by atoms with E-state index in [-0.39, 0.29) is 30.3 Å². The first kappa shape index (κ1) is 30.4. The molecule has 2 aromatic carbocycles. The van der Waals surface area contributed by atoms with E-state index in [0.29, 0.717) is 0 Å². The molecule has 2 aliphatic carbocycles. The van der Waals surface area contributed by atoms with E-state index in [9.17, 15) is 0 Å². The Kier molecular flexibility index (Phi) is 17.1. The maximum atomic E-state index is 2.43. The average Bonchev–Trinajstić information content (AvgIpc) is 3.25. The minimum absolute atomic E-state index is 0. The van der Waals surface area contributed by atoms with Crippen molar-refractivity contribution in [2.75, 3.05) is 0 Å². The molecule has 30 heavy (non-hydrogen) atoms. The number of fused-ring (bicyclic) bond motifs is 2. The molecule has 0 aliphatic heterocycles. The van der Waals surface area contributed by atoms with Crippen LogP contribution in [0.15, 0.2) is 24.3 Å². The summed E-state index contributed by atoms with van der Waals surface area (Å²) in [6.45, 7) is 9.17. The molecule has 0 bridgehead atoms. The summed E-state index contributed by atoms with van der Waals surface area (Å²) < 4.78 is 0. The van der Waals surface area contributed by atoms with Crippen LogP contribution >= 0.6 is 0 Å². The van der Waals surface area contributed by atoms with Gasteiger partial charge in [0.05, 0.1) is 0 Å². The molecule has 4 heteroatoms. The minimum atomic E-state index is 0. The summed E-state index contributed by atoms with van der Waals surface area (Å²) in [4.78, 5) is 0. The molecule has 0 heterocycles. The number of hydrogen-bond donors (Lipinski definition) is 0. The zero-order valence-corrected chi connectivity index (χ0v) is 25.7. The molecule has 0 saturated heterocycles. The van der Waals surface area contributed by atoms with Gasteiger partial charge in [-0.3, -0.25) is 0 Å². The molecule has 0 saturated carbocycles. The second-order valence-electron chi connectivity index (χ2n) is 8.74. The molecule has 4 rings (SSSR count). The van der Waals surface area contributed by atoms with Crippen LogP contribution in [0.2, 0.25) is 13.1 Å². The molecule has 168 valence electrons. The van der Waals surface area contributed by atoms with Crippen LogP contribution in [0.25, 0.3) is 0 Å². The van der Waals surface area contributed by atoms with Gasteiger partial charge in [-0.1, -0.05) is 90.9 Å². The van der Waals surface area contributed by atoms with Gasteiger partial charge >= 0.3 is 41.6 Å². The first-order valence-electron chi connectivity index (χ1n) is 11.6. The monoisotopic (exact) mass is 630 g/mol. The smallest absolute Gasteiger partial charge is 1.00 e. The van der Waals surface area contributed by atoms with Gasteiger partial charge in [0, 0.05) is 0 Å². The number of rotatable bonds is 4. The molecule has 0 unspecified atom stereocenters. The van der Waals surface area contributed by atoms with Crippen LogP contribution < -0.4 is 24.8 Å². The van der Waals surface area contributed by atoms with Crippen LogP contribution in [-0.4, -0.2) is 5.49 Å². The quantitative estimate of drug-likeness (QED) is 0.353. The summed E-state index contributed by atoms with van der Waals surface area (Å²) in [6, 6.07) is 9.71. The largest absolute Gasteiger partial charge is 1.00 e. The Morgan fingerprint density at radius 2 is 1.07 bits per heavy atom. The van der Waals surface area contributed by atoms with Crippen molar-refractivity contribution in [3.8, 4) is 0 Å². The van der Waals surface area contributed by atoms with Crippen LogP contribution in [0, 0.1) is 0 Å². The minimum Gasteiger partial charge on any atom is -1.00 e. The zero-order chi connectivity index (χ0) is 20.4. The molecule has 0 fully saturated rings. The van der Waals surface area contributed by atoms with Gasteiger partial charge in [-0.15, -0.1) is 0 Å². The summed E-state index contributed by atoms with van der Waals surface area (Å²) in [7, 11) is 0. The van der Waals surface area contributed by atoms with Crippen molar-refractivity contribution in [1.82, 2.24) is 0 Å². The van der Waals surface area contributed by atoms with Gasteiger partial charge in [0.15, 0.2) is 0 Å². The molecule has 2 aromatic rings. The summed E-state index contributed by atoms with van der Waals surface area (Å²) in [5, 5.41) is 0. The van der Waals surface area contributed by atoms with Crippen molar-refractivity contribution in [3.05, 3.63) is 57.6 Å². The van der Waals surface area contributed by atoms with Gasteiger partial charge in [0.1, 0.15) is 0 Å². The Balaban J connectivity index is 0.000000452. The van der Waals surface area contributed by atoms with Crippen molar-refractivity contribution in [3.63, 3.8) is 0 Å². The third-order valence-corrected chi connectivity index (χ3v) is 5.63. The third-order valence-electron chi connectivity index (χ3n) is 5.63. The molecule has 0 N–H and O–H groups in total. The zero-order valence-electron chi connectivity index (χ0n) is 19.6. The first-order valence-corrected chi connectivity index (χ1v) is 19.5. The summed E-state index contributed by atoms with van der Waals surface area (Å²) in [5.74, 6) is 0. The van der Waals surface area contributed by atoms with Gasteiger partial charge in [0.2, 0.25) is 0 Å². The van der Waals surface area contributed by atoms with Crippen molar-refractivity contribution in [2.45, 2.75) is 104 Å². The fraction of sp³-hybridized carbons (Fsp3) is 0.615. The SMILES string of the molecule is CCCc1cc2c([cH-]1)CCCC2.CCCc1cc2c([cH-]1)CCCC2.C[Si](C)=[Hf+2].[Cl-].[Cl-]. The van der Waals surface area contributed by atoms with Crippen molar-refractivity contribution < 1.29 is 47.8 Å². The number of halogens is 2. The molecule has 0 spiro atoms. The Hall–Kier alpha value is 0.367. The molecule has 0 aromatic heterocycles. The van der Waals surface area contributed by atoms with E-state index in [2.05, 4.69) is 51.2 Å². The Morgan fingerprint density at radius 3 is 1.37 bits per heavy atom. The van der Waals surface area contributed by atoms with E-state index in [1.165, 1.54) is 100 Å². The van der Waals surface area contributed by atoms with Crippen LogP contribution in [0.4, 0.5) is 0 Å². The van der Waals surface area contributed by atoms with Gasteiger partial charge in [-0.05, 0) is 0 Å². The fourth-order valence-electron chi connectivity index (χ4n) is 4.41. The third kappa shape index (κ3) is 10.8. The van der Waals surface area contributed by atoms with Gasteiger partial charge in [0.25, 0.3) is 0 Å². The second kappa shape index (κ2) is 16.9. The topological polar surface area (TPSA) is 0 Å². The normalized spacial score (nSPS) is 13.8. The summed E-state index contributed by atoms with van der Waals surface area (Å²) in [5.41, 5.74) is 9.98. The number of hydrogen-bond acceptors (Lipinski definition) is 0. The molecule has 0 atom stereocenters. The van der Waals surface area contributed by atoms with Crippen molar-refractivity contribution >= 4 is 5.49 Å². The van der Waals surface area contributed by atoms with Crippen LogP contribution in [-0.2, 0) is 61.5 Å². The van der Waals surface area contributed by atoms with E-state index < -0.39 is 0 Å². The van der Waals surface area contributed by atoms with Crippen LogP contribution in [0.1, 0.15) is 85.8 Å². The molecule has 0 nitrogen and oxygen atoms in total. The molecule has 0 amide bonds. The van der Waals surface area contributed by atoms with Crippen molar-refractivity contribution in [2.24, 2.45) is 0 Å². The van der Waals surface area contributed by atoms with E-state index in [0.717, 1.165) is 0 Å². The van der Waals surface area contributed by atoms with Crippen LogP contribution in [0.5, 0.6) is 0 Å². The maximum absolute atomic E-state index is 2.43. The van der Waals surface area contributed by atoms with E-state index in [4.69, 9.17) is 0 Å². The Morgan fingerprint density at radius 1 is 0.733 bits per heavy atom. The molecule has 2 aliphatic rings. The first-order chi connectivity index (χ1) is 13.5. The predicted molar refractivity (Wildman–Crippen MR) is 123 cm³/mol. The van der Waals surface area contributed by atoms with Crippen molar-refractivity contribution in [1.29, 1.82) is 0 Å². The average molecular weight is 630 g/mol. The second-order valence-corrected chi connectivity index (χ2v) is 21.5. The van der Waals surface area contributed by atoms with Gasteiger partial charge in [-0.25, -0.2) is 12.1 Å². The fourth-order valence-corrected chi connectivity index (χ4v) is 4.41.